The summed E-state index contributed by atoms with van der Waals surface area (Å²) in [6.07, 6.45) is 0. The summed E-state index contributed by atoms with van der Waals surface area (Å²) < 4.78 is 12.6. The summed E-state index contributed by atoms with van der Waals surface area (Å²) >= 11 is 0.579. The summed E-state index contributed by atoms with van der Waals surface area (Å²) in [6, 6.07) is 0. The first-order chi connectivity index (χ1) is 5.04. The second-order valence-electron chi connectivity index (χ2n) is 2.39. The van der Waals surface area contributed by atoms with E-state index in [-0.39, 0.29) is 5.97 Å². The molecule has 0 aromatic rings. The molecule has 11 heavy (non-hydrogen) atoms. The van der Waals surface area contributed by atoms with E-state index in [0.29, 0.717) is 17.7 Å². The van der Waals surface area contributed by atoms with Crippen LogP contribution in [-0.2, 0) is 9.53 Å². The van der Waals surface area contributed by atoms with Crippen molar-refractivity contribution >= 4 is 27.8 Å². The largest absolute Gasteiger partial charge is 0.465 e. The fraction of sp³-hybridized carbons (Fsp3) is 0.833. The topological polar surface area (TPSA) is 46.5 Å². The smallest absolute Gasteiger partial charge is 0.322 e. The third-order valence-corrected chi connectivity index (χ3v) is 3.14. The Bertz CT molecular complexity index is 136. The zero-order valence-corrected chi connectivity index (χ0v) is 8.42. The molecule has 0 amide bonds. The molecule has 0 aromatic carbocycles. The molecule has 0 spiro atoms. The van der Waals surface area contributed by atoms with Crippen LogP contribution in [0.2, 0.25) is 0 Å². The van der Waals surface area contributed by atoms with Crippen molar-refractivity contribution in [1.82, 2.24) is 0 Å². The van der Waals surface area contributed by atoms with Crippen molar-refractivity contribution in [2.75, 3.05) is 6.61 Å². The Kier molecular flexibility index (Phi) is 4.96. The van der Waals surface area contributed by atoms with Gasteiger partial charge in [-0.2, -0.15) is 0 Å². The van der Waals surface area contributed by atoms with Crippen molar-refractivity contribution in [2.24, 2.45) is 0 Å². The Morgan fingerprint density at radius 3 is 2.55 bits per heavy atom. The first kappa shape index (κ1) is 11.1. The van der Waals surface area contributed by atoms with E-state index >= 15 is 0 Å². The van der Waals surface area contributed by atoms with Crippen molar-refractivity contribution in [3.63, 3.8) is 0 Å². The second kappa shape index (κ2) is 4.90. The lowest BCUT2D eigenvalue weighted by atomic mass is 10.2. The third kappa shape index (κ3) is 3.88. The van der Waals surface area contributed by atoms with Gasteiger partial charge in [0.25, 0.3) is 0 Å². The van der Waals surface area contributed by atoms with Crippen LogP contribution in [0, 0.1) is 0 Å². The summed E-state index contributed by atoms with van der Waals surface area (Å²) in [5.74, 6) is -0.299. The molecule has 0 bridgehead atoms. The molecule has 0 unspecified atom stereocenters. The molecule has 0 aliphatic heterocycles. The summed E-state index contributed by atoms with van der Waals surface area (Å²) in [7, 11) is 1.08. The van der Waals surface area contributed by atoms with E-state index in [1.165, 1.54) is 0 Å². The average molecular weight is 196 g/mol. The molecule has 0 saturated carbocycles. The first-order valence-corrected chi connectivity index (χ1v) is 5.31. The minimum atomic E-state index is -0.671. The zero-order chi connectivity index (χ0) is 8.91. The Morgan fingerprint density at radius 2 is 2.18 bits per heavy atom. The van der Waals surface area contributed by atoms with Crippen LogP contribution in [0.5, 0.6) is 0 Å². The van der Waals surface area contributed by atoms with Crippen molar-refractivity contribution in [1.29, 1.82) is 0 Å². The number of carbonyl (C=O) groups excluding carboxylic acids is 1. The summed E-state index contributed by atoms with van der Waals surface area (Å²) in [4.78, 5) is 11.1. The molecular weight excluding hydrogens is 184 g/mol. The molecule has 66 valence electrons. The highest BCUT2D eigenvalue weighted by Crippen LogP contribution is 2.34. The van der Waals surface area contributed by atoms with E-state index in [1.54, 1.807) is 20.8 Å². The molecule has 0 heterocycles. The van der Waals surface area contributed by atoms with E-state index in [1.807, 2.05) is 0 Å². The van der Waals surface area contributed by atoms with Crippen LogP contribution < -0.4 is 0 Å². The van der Waals surface area contributed by atoms with Crippen molar-refractivity contribution in [2.45, 2.75) is 25.5 Å². The Morgan fingerprint density at radius 1 is 1.64 bits per heavy atom. The van der Waals surface area contributed by atoms with E-state index in [4.69, 9.17) is 9.29 Å². The fourth-order valence-corrected chi connectivity index (χ4v) is 1.51. The maximum atomic E-state index is 11.1. The second-order valence-corrected chi connectivity index (χ2v) is 4.67. The van der Waals surface area contributed by atoms with Gasteiger partial charge in [0.05, 0.1) is 17.7 Å². The fourth-order valence-electron chi connectivity index (χ4n) is 0.432. The van der Waals surface area contributed by atoms with Crippen LogP contribution in [-0.4, -0.2) is 21.9 Å². The van der Waals surface area contributed by atoms with Gasteiger partial charge in [-0.1, -0.05) is 0 Å². The van der Waals surface area contributed by atoms with Gasteiger partial charge in [-0.05, 0) is 31.6 Å². The molecule has 0 atom stereocenters. The highest BCUT2D eigenvalue weighted by molar-refractivity contribution is 8.75. The van der Waals surface area contributed by atoms with Gasteiger partial charge in [0, 0.05) is 0 Å². The number of ether oxygens (including phenoxy) is 1. The maximum Gasteiger partial charge on any atom is 0.322 e. The molecule has 0 saturated heterocycles. The van der Waals surface area contributed by atoms with Crippen LogP contribution in [0.3, 0.4) is 0 Å². The van der Waals surface area contributed by atoms with Gasteiger partial charge < -0.3 is 9.29 Å². The lowest BCUT2D eigenvalue weighted by molar-refractivity contribution is -0.145. The molecule has 1 N–H and O–H groups in total. The molecule has 0 fully saturated rings. The molecule has 0 aliphatic rings. The normalized spacial score (nSPS) is 11.3. The highest BCUT2D eigenvalue weighted by atomic mass is 33.1. The summed E-state index contributed by atoms with van der Waals surface area (Å²) in [6.45, 7) is 5.54. The maximum absolute atomic E-state index is 11.1. The van der Waals surface area contributed by atoms with Gasteiger partial charge in [-0.25, -0.2) is 0 Å². The molecule has 0 aromatic heterocycles. The number of carbonyl (C=O) groups is 1. The van der Waals surface area contributed by atoms with Crippen LogP contribution in [0.25, 0.3) is 0 Å². The molecule has 0 aliphatic carbocycles. The van der Waals surface area contributed by atoms with Crippen molar-refractivity contribution in [3.8, 4) is 0 Å². The lowest BCUT2D eigenvalue weighted by Gasteiger charge is -2.18. The molecule has 5 heteroatoms. The molecule has 0 radical (unpaired) electrons. The molecule has 0 rings (SSSR count). The van der Waals surface area contributed by atoms with E-state index < -0.39 is 4.75 Å². The van der Waals surface area contributed by atoms with Gasteiger partial charge in [0.15, 0.2) is 0 Å². The van der Waals surface area contributed by atoms with E-state index in [0.717, 1.165) is 10.8 Å². The lowest BCUT2D eigenvalue weighted by Crippen LogP contribution is -2.29. The van der Waals surface area contributed by atoms with Crippen LogP contribution >= 0.6 is 21.9 Å². The predicted molar refractivity (Wildman–Crippen MR) is 48.5 cm³/mol. The van der Waals surface area contributed by atoms with Crippen LogP contribution in [0.15, 0.2) is 0 Å². The van der Waals surface area contributed by atoms with Crippen molar-refractivity contribution < 1.29 is 14.1 Å². The van der Waals surface area contributed by atoms with Gasteiger partial charge >= 0.3 is 5.97 Å². The minimum absolute atomic E-state index is 0.299. The molecule has 3 nitrogen and oxygen atoms in total. The third-order valence-electron chi connectivity index (χ3n) is 1.01. The predicted octanol–water partition coefficient (Wildman–Crippen LogP) is 2.18. The van der Waals surface area contributed by atoms with Crippen molar-refractivity contribution in [3.05, 3.63) is 0 Å². The monoisotopic (exact) mass is 196 g/mol. The molecular formula is C6H12O3S2. The summed E-state index contributed by atoms with van der Waals surface area (Å²) in [5, 5.41) is 0. The van der Waals surface area contributed by atoms with E-state index in [2.05, 4.69) is 0 Å². The van der Waals surface area contributed by atoms with Gasteiger partial charge in [0.1, 0.15) is 4.75 Å². The highest BCUT2D eigenvalue weighted by Gasteiger charge is 2.30. The average Bonchev–Trinajstić information content (AvgIpc) is 1.88. The number of hydrogen-bond donors (Lipinski definition) is 1. The van der Waals surface area contributed by atoms with Gasteiger partial charge in [-0.3, -0.25) is 4.79 Å². The van der Waals surface area contributed by atoms with Gasteiger partial charge in [-0.15, -0.1) is 0 Å². The quantitative estimate of drug-likeness (QED) is 0.424. The number of hydrogen-bond acceptors (Lipinski definition) is 5. The number of rotatable bonds is 4. The standard InChI is InChI=1S/C6H12O3S2/c1-4-9-5(7)6(2,3)10-11-8/h8H,4H2,1-3H3. The summed E-state index contributed by atoms with van der Waals surface area (Å²) in [5.41, 5.74) is 0. The Balaban J connectivity index is 3.94. The Labute approximate surface area is 74.5 Å². The van der Waals surface area contributed by atoms with Gasteiger partial charge in [0.2, 0.25) is 0 Å². The minimum Gasteiger partial charge on any atom is -0.465 e. The Hall–Kier alpha value is 0.130. The van der Waals surface area contributed by atoms with E-state index in [9.17, 15) is 4.79 Å². The number of esters is 1. The zero-order valence-electron chi connectivity index (χ0n) is 6.79. The van der Waals surface area contributed by atoms with Crippen LogP contribution in [0.1, 0.15) is 20.8 Å². The SMILES string of the molecule is CCOC(=O)C(C)(C)SSO. The van der Waals surface area contributed by atoms with Crippen LogP contribution in [0.4, 0.5) is 0 Å². The first-order valence-electron chi connectivity index (χ1n) is 3.21.